The van der Waals surface area contributed by atoms with Crippen molar-refractivity contribution in [2.45, 2.75) is 0 Å². The Balaban J connectivity index is 1.55. The molecule has 0 bridgehead atoms. The summed E-state index contributed by atoms with van der Waals surface area (Å²) in [5.41, 5.74) is 2.48. The summed E-state index contributed by atoms with van der Waals surface area (Å²) in [7, 11) is 0. The van der Waals surface area contributed by atoms with Gasteiger partial charge in [-0.1, -0.05) is 18.2 Å². The standard InChI is InChI=1S/C15H18ClN5O2S/c1-2-12(22)20-5-7-21(8-6-20)13(23)9-17-11-4-3-10(16)14-15(11)19-24-18-14/h2-4,17-19H,1,5-9H2. The number of halogens is 1. The molecule has 0 saturated carbocycles. The molecule has 0 unspecified atom stereocenters. The average molecular weight is 368 g/mol. The fourth-order valence-corrected chi connectivity index (χ4v) is 3.59. The third-order valence-corrected chi connectivity index (χ3v) is 4.94. The highest BCUT2D eigenvalue weighted by Crippen LogP contribution is 2.43. The molecule has 2 aliphatic rings. The Hall–Kier alpha value is -2.06. The normalized spacial score (nSPS) is 16.0. The minimum absolute atomic E-state index is 0.00279. The molecule has 1 aromatic carbocycles. The summed E-state index contributed by atoms with van der Waals surface area (Å²) in [4.78, 5) is 27.4. The topological polar surface area (TPSA) is 76.7 Å². The molecular weight excluding hydrogens is 350 g/mol. The van der Waals surface area contributed by atoms with E-state index in [4.69, 9.17) is 11.6 Å². The van der Waals surface area contributed by atoms with Crippen LogP contribution in [0.4, 0.5) is 17.1 Å². The van der Waals surface area contributed by atoms with Gasteiger partial charge in [-0.2, -0.15) is 0 Å². The van der Waals surface area contributed by atoms with Gasteiger partial charge in [0.15, 0.2) is 0 Å². The Morgan fingerprint density at radius 1 is 1.21 bits per heavy atom. The average Bonchev–Trinajstić information content (AvgIpc) is 3.11. The Morgan fingerprint density at radius 2 is 1.88 bits per heavy atom. The van der Waals surface area contributed by atoms with E-state index in [0.717, 1.165) is 17.1 Å². The number of nitrogens with zero attached hydrogens (tertiary/aromatic N) is 2. The first-order valence-electron chi connectivity index (χ1n) is 7.53. The molecule has 0 radical (unpaired) electrons. The lowest BCUT2D eigenvalue weighted by Gasteiger charge is -2.34. The first-order chi connectivity index (χ1) is 11.6. The Morgan fingerprint density at radius 3 is 2.58 bits per heavy atom. The van der Waals surface area contributed by atoms with Crippen molar-refractivity contribution in [1.82, 2.24) is 9.80 Å². The van der Waals surface area contributed by atoms with Crippen molar-refractivity contribution in [2.75, 3.05) is 47.5 Å². The van der Waals surface area contributed by atoms with E-state index >= 15 is 0 Å². The van der Waals surface area contributed by atoms with Crippen LogP contribution in [-0.2, 0) is 9.59 Å². The third-order valence-electron chi connectivity index (χ3n) is 4.01. The molecule has 128 valence electrons. The molecule has 1 saturated heterocycles. The number of nitrogens with one attached hydrogen (secondary N) is 3. The lowest BCUT2D eigenvalue weighted by Crippen LogP contribution is -2.51. The summed E-state index contributed by atoms with van der Waals surface area (Å²) in [6.07, 6.45) is 1.30. The molecule has 3 rings (SSSR count). The molecule has 1 aromatic rings. The molecule has 9 heteroatoms. The highest BCUT2D eigenvalue weighted by atomic mass is 35.5. The summed E-state index contributed by atoms with van der Waals surface area (Å²) in [5, 5.41) is 3.78. The highest BCUT2D eigenvalue weighted by Gasteiger charge is 2.23. The summed E-state index contributed by atoms with van der Waals surface area (Å²) in [6.45, 7) is 5.82. The van der Waals surface area contributed by atoms with Gasteiger partial charge in [0.05, 0.1) is 40.8 Å². The molecule has 7 nitrogen and oxygen atoms in total. The van der Waals surface area contributed by atoms with Crippen LogP contribution in [0.2, 0.25) is 5.02 Å². The fraction of sp³-hybridized carbons (Fsp3) is 0.333. The van der Waals surface area contributed by atoms with Crippen molar-refractivity contribution in [1.29, 1.82) is 0 Å². The van der Waals surface area contributed by atoms with Crippen LogP contribution < -0.4 is 14.8 Å². The Kier molecular flexibility index (Phi) is 5.06. The van der Waals surface area contributed by atoms with Crippen LogP contribution >= 0.6 is 23.7 Å². The molecule has 2 aliphatic heterocycles. The SMILES string of the molecule is C=CC(=O)N1CCN(C(=O)CNc2ccc(Cl)c3c2NSN3)CC1. The van der Waals surface area contributed by atoms with E-state index < -0.39 is 0 Å². The quantitative estimate of drug-likeness (QED) is 0.558. The zero-order valence-corrected chi connectivity index (χ0v) is 14.5. The van der Waals surface area contributed by atoms with Crippen LogP contribution in [-0.4, -0.2) is 54.3 Å². The molecule has 0 aliphatic carbocycles. The highest BCUT2D eigenvalue weighted by molar-refractivity contribution is 8.02. The van der Waals surface area contributed by atoms with Gasteiger partial charge in [0, 0.05) is 26.2 Å². The van der Waals surface area contributed by atoms with E-state index in [0.29, 0.717) is 31.2 Å². The maximum atomic E-state index is 12.4. The van der Waals surface area contributed by atoms with E-state index in [1.165, 1.54) is 18.2 Å². The molecule has 1 fully saturated rings. The van der Waals surface area contributed by atoms with Gasteiger partial charge >= 0.3 is 0 Å². The Labute approximate surface area is 149 Å². The number of benzene rings is 1. The van der Waals surface area contributed by atoms with Crippen LogP contribution in [0.1, 0.15) is 0 Å². The molecule has 0 aromatic heterocycles. The molecular formula is C15H18ClN5O2S. The van der Waals surface area contributed by atoms with Gasteiger partial charge < -0.3 is 24.6 Å². The van der Waals surface area contributed by atoms with Gasteiger partial charge in [-0.3, -0.25) is 9.59 Å². The molecule has 2 heterocycles. The fourth-order valence-electron chi connectivity index (χ4n) is 2.65. The first kappa shape index (κ1) is 16.8. The Bertz CT molecular complexity index is 676. The minimum Gasteiger partial charge on any atom is -0.374 e. The predicted octanol–water partition coefficient (Wildman–Crippen LogP) is 2.01. The van der Waals surface area contributed by atoms with E-state index in [1.807, 2.05) is 6.07 Å². The van der Waals surface area contributed by atoms with Crippen molar-refractivity contribution < 1.29 is 9.59 Å². The van der Waals surface area contributed by atoms with Crippen LogP contribution in [0.3, 0.4) is 0 Å². The largest absolute Gasteiger partial charge is 0.374 e. The van der Waals surface area contributed by atoms with Crippen LogP contribution in [0.15, 0.2) is 24.8 Å². The smallest absolute Gasteiger partial charge is 0.246 e. The number of anilines is 3. The molecule has 24 heavy (non-hydrogen) atoms. The molecule has 0 atom stereocenters. The van der Waals surface area contributed by atoms with Crippen molar-refractivity contribution >= 4 is 52.6 Å². The number of carbonyl (C=O) groups excluding carboxylic acids is 2. The first-order valence-corrected chi connectivity index (χ1v) is 8.73. The maximum Gasteiger partial charge on any atom is 0.246 e. The summed E-state index contributed by atoms with van der Waals surface area (Å²) in [6, 6.07) is 3.63. The number of hydrogen-bond donors (Lipinski definition) is 3. The van der Waals surface area contributed by atoms with E-state index in [1.54, 1.807) is 15.9 Å². The summed E-state index contributed by atoms with van der Waals surface area (Å²) >= 11 is 7.45. The van der Waals surface area contributed by atoms with Gasteiger partial charge in [-0.25, -0.2) is 0 Å². The lowest BCUT2D eigenvalue weighted by molar-refractivity contribution is -0.135. The van der Waals surface area contributed by atoms with Gasteiger partial charge in [0.25, 0.3) is 0 Å². The summed E-state index contributed by atoms with van der Waals surface area (Å²) < 4.78 is 6.19. The monoisotopic (exact) mass is 367 g/mol. The predicted molar refractivity (Wildman–Crippen MR) is 98.1 cm³/mol. The second-order valence-electron chi connectivity index (χ2n) is 5.41. The van der Waals surface area contributed by atoms with E-state index in [9.17, 15) is 9.59 Å². The number of hydrogen-bond acceptors (Lipinski definition) is 6. The second kappa shape index (κ2) is 7.23. The minimum atomic E-state index is -0.0898. The van der Waals surface area contributed by atoms with E-state index in [-0.39, 0.29) is 18.4 Å². The summed E-state index contributed by atoms with van der Waals surface area (Å²) in [5.74, 6) is -0.0870. The zero-order valence-electron chi connectivity index (χ0n) is 13.0. The number of fused-ring (bicyclic) bond motifs is 1. The number of carbonyl (C=O) groups is 2. The molecule has 3 N–H and O–H groups in total. The van der Waals surface area contributed by atoms with Crippen LogP contribution in [0, 0.1) is 0 Å². The van der Waals surface area contributed by atoms with Crippen LogP contribution in [0.25, 0.3) is 0 Å². The van der Waals surface area contributed by atoms with Crippen molar-refractivity contribution in [3.05, 3.63) is 29.8 Å². The number of rotatable bonds is 4. The van der Waals surface area contributed by atoms with Gasteiger partial charge in [0.1, 0.15) is 0 Å². The second-order valence-corrected chi connectivity index (χ2v) is 6.43. The third kappa shape index (κ3) is 3.39. The molecule has 2 amide bonds. The van der Waals surface area contributed by atoms with E-state index in [2.05, 4.69) is 21.3 Å². The van der Waals surface area contributed by atoms with Gasteiger partial charge in [0.2, 0.25) is 11.8 Å². The molecule has 0 spiro atoms. The number of amides is 2. The lowest BCUT2D eigenvalue weighted by atomic mass is 10.2. The maximum absolute atomic E-state index is 12.4. The van der Waals surface area contributed by atoms with Gasteiger partial charge in [-0.05, 0) is 18.2 Å². The van der Waals surface area contributed by atoms with Crippen molar-refractivity contribution in [3.63, 3.8) is 0 Å². The number of piperazine rings is 1. The van der Waals surface area contributed by atoms with Gasteiger partial charge in [-0.15, -0.1) is 0 Å². The van der Waals surface area contributed by atoms with Crippen LogP contribution in [0.5, 0.6) is 0 Å². The van der Waals surface area contributed by atoms with Crippen molar-refractivity contribution in [3.8, 4) is 0 Å². The van der Waals surface area contributed by atoms with Crippen molar-refractivity contribution in [2.24, 2.45) is 0 Å². The zero-order chi connectivity index (χ0) is 17.1.